The minimum atomic E-state index is -0.231. The number of para-hydroxylation sites is 1. The number of benzene rings is 2. The first-order chi connectivity index (χ1) is 13.2. The lowest BCUT2D eigenvalue weighted by Gasteiger charge is -2.10. The maximum absolute atomic E-state index is 12.8. The van der Waals surface area contributed by atoms with E-state index in [0.29, 0.717) is 18.1 Å². The van der Waals surface area contributed by atoms with Gasteiger partial charge >= 0.3 is 0 Å². The largest absolute Gasteiger partial charge is 0.347 e. The summed E-state index contributed by atoms with van der Waals surface area (Å²) >= 11 is 0. The molecule has 0 saturated heterocycles. The first-order valence-electron chi connectivity index (χ1n) is 8.71. The first kappa shape index (κ1) is 16.8. The van der Waals surface area contributed by atoms with Gasteiger partial charge in [-0.05, 0) is 24.6 Å². The zero-order valence-corrected chi connectivity index (χ0v) is 14.9. The first-order valence-corrected chi connectivity index (χ1v) is 8.71. The summed E-state index contributed by atoms with van der Waals surface area (Å²) in [5.74, 6) is 0.311. The Balaban J connectivity index is 1.72. The van der Waals surface area contributed by atoms with Gasteiger partial charge in [-0.1, -0.05) is 54.1 Å². The van der Waals surface area contributed by atoms with Crippen LogP contribution in [-0.2, 0) is 6.54 Å². The van der Waals surface area contributed by atoms with Crippen molar-refractivity contribution < 1.29 is 4.79 Å². The van der Waals surface area contributed by atoms with E-state index in [1.807, 2.05) is 67.6 Å². The second kappa shape index (κ2) is 7.33. The van der Waals surface area contributed by atoms with Crippen LogP contribution in [0.2, 0.25) is 0 Å². The minimum absolute atomic E-state index is 0.231. The Morgan fingerprint density at radius 1 is 0.963 bits per heavy atom. The molecule has 0 fully saturated rings. The van der Waals surface area contributed by atoms with Crippen molar-refractivity contribution in [2.24, 2.45) is 0 Å². The van der Waals surface area contributed by atoms with Crippen molar-refractivity contribution in [3.05, 3.63) is 89.9 Å². The van der Waals surface area contributed by atoms with Crippen LogP contribution in [0.25, 0.3) is 22.3 Å². The molecule has 1 N–H and O–H groups in total. The highest BCUT2D eigenvalue weighted by Crippen LogP contribution is 2.22. The van der Waals surface area contributed by atoms with Crippen LogP contribution >= 0.6 is 0 Å². The zero-order chi connectivity index (χ0) is 18.6. The highest BCUT2D eigenvalue weighted by molar-refractivity contribution is 6.04. The summed E-state index contributed by atoms with van der Waals surface area (Å²) in [6, 6.07) is 19.3. The summed E-state index contributed by atoms with van der Waals surface area (Å²) in [6.07, 6.45) is 3.44. The summed E-state index contributed by atoms with van der Waals surface area (Å²) < 4.78 is 0. The molecule has 0 radical (unpaired) electrons. The summed E-state index contributed by atoms with van der Waals surface area (Å²) in [4.78, 5) is 26.1. The van der Waals surface area contributed by atoms with E-state index >= 15 is 0 Å². The van der Waals surface area contributed by atoms with Crippen LogP contribution in [0, 0.1) is 6.92 Å². The Bertz CT molecular complexity index is 1090. The Morgan fingerprint density at radius 2 is 1.78 bits per heavy atom. The van der Waals surface area contributed by atoms with Crippen molar-refractivity contribution in [1.82, 2.24) is 20.3 Å². The third kappa shape index (κ3) is 3.67. The normalized spacial score (nSPS) is 10.7. The van der Waals surface area contributed by atoms with Crippen LogP contribution in [0.1, 0.15) is 21.6 Å². The molecule has 4 rings (SSSR count). The van der Waals surface area contributed by atoms with Gasteiger partial charge in [0, 0.05) is 29.9 Å². The molecule has 27 heavy (non-hydrogen) atoms. The SMILES string of the molecule is Cc1ccc(-c2nc(C(=O)NCc3cccnc3)c3ccccc3n2)cc1. The molecule has 4 aromatic rings. The summed E-state index contributed by atoms with van der Waals surface area (Å²) in [5, 5.41) is 3.66. The van der Waals surface area contributed by atoms with Crippen LogP contribution in [0.5, 0.6) is 0 Å². The fourth-order valence-electron chi connectivity index (χ4n) is 2.85. The predicted molar refractivity (Wildman–Crippen MR) is 105 cm³/mol. The Labute approximate surface area is 157 Å². The second-order valence-electron chi connectivity index (χ2n) is 6.32. The van der Waals surface area contributed by atoms with E-state index in [1.54, 1.807) is 12.4 Å². The van der Waals surface area contributed by atoms with E-state index in [0.717, 1.165) is 27.6 Å². The molecule has 0 aliphatic rings. The van der Waals surface area contributed by atoms with Gasteiger partial charge < -0.3 is 5.32 Å². The number of carbonyl (C=O) groups excluding carboxylic acids is 1. The molecule has 0 spiro atoms. The van der Waals surface area contributed by atoms with Gasteiger partial charge in [-0.25, -0.2) is 9.97 Å². The number of rotatable bonds is 4. The van der Waals surface area contributed by atoms with Crippen molar-refractivity contribution in [3.8, 4) is 11.4 Å². The predicted octanol–water partition coefficient (Wildman–Crippen LogP) is 3.93. The Hall–Kier alpha value is -3.60. The number of hydrogen-bond acceptors (Lipinski definition) is 4. The van der Waals surface area contributed by atoms with Gasteiger partial charge in [-0.2, -0.15) is 0 Å². The smallest absolute Gasteiger partial charge is 0.270 e. The van der Waals surface area contributed by atoms with Gasteiger partial charge in [-0.3, -0.25) is 9.78 Å². The number of nitrogens with zero attached hydrogens (tertiary/aromatic N) is 3. The Kier molecular flexibility index (Phi) is 4.58. The molecule has 2 heterocycles. The van der Waals surface area contributed by atoms with Crippen LogP contribution in [0.15, 0.2) is 73.1 Å². The van der Waals surface area contributed by atoms with E-state index in [2.05, 4.69) is 20.3 Å². The molecule has 2 aromatic carbocycles. The number of amides is 1. The number of hydrogen-bond donors (Lipinski definition) is 1. The molecule has 5 heteroatoms. The quantitative estimate of drug-likeness (QED) is 0.603. The fraction of sp³-hybridized carbons (Fsp3) is 0.0909. The topological polar surface area (TPSA) is 67.8 Å². The summed E-state index contributed by atoms with van der Waals surface area (Å²) in [6.45, 7) is 2.42. The number of pyridine rings is 1. The van der Waals surface area contributed by atoms with Crippen molar-refractivity contribution in [2.45, 2.75) is 13.5 Å². The van der Waals surface area contributed by atoms with Gasteiger partial charge in [0.2, 0.25) is 0 Å². The highest BCUT2D eigenvalue weighted by Gasteiger charge is 2.15. The summed E-state index contributed by atoms with van der Waals surface area (Å²) in [5.41, 5.74) is 4.10. The van der Waals surface area contributed by atoms with Gasteiger partial charge in [0.15, 0.2) is 5.82 Å². The zero-order valence-electron chi connectivity index (χ0n) is 14.9. The van der Waals surface area contributed by atoms with E-state index in [1.165, 1.54) is 0 Å². The molecule has 5 nitrogen and oxygen atoms in total. The van der Waals surface area contributed by atoms with Crippen molar-refractivity contribution in [3.63, 3.8) is 0 Å². The molecule has 2 aromatic heterocycles. The minimum Gasteiger partial charge on any atom is -0.347 e. The number of nitrogens with one attached hydrogen (secondary N) is 1. The van der Waals surface area contributed by atoms with Crippen molar-refractivity contribution in [1.29, 1.82) is 0 Å². The molecule has 0 aliphatic carbocycles. The number of carbonyl (C=O) groups is 1. The van der Waals surface area contributed by atoms with Crippen molar-refractivity contribution in [2.75, 3.05) is 0 Å². The van der Waals surface area contributed by atoms with Crippen molar-refractivity contribution >= 4 is 16.8 Å². The standard InChI is InChI=1S/C22H18N4O/c1-15-8-10-17(11-9-15)21-25-19-7-3-2-6-18(19)20(26-21)22(27)24-14-16-5-4-12-23-13-16/h2-13H,14H2,1H3,(H,24,27). The van der Waals surface area contributed by atoms with Crippen LogP contribution in [0.4, 0.5) is 0 Å². The molecular weight excluding hydrogens is 336 g/mol. The molecule has 0 unspecified atom stereocenters. The number of fused-ring (bicyclic) bond motifs is 1. The maximum atomic E-state index is 12.8. The second-order valence-corrected chi connectivity index (χ2v) is 6.32. The lowest BCUT2D eigenvalue weighted by atomic mass is 10.1. The van der Waals surface area contributed by atoms with Crippen LogP contribution in [0.3, 0.4) is 0 Å². The highest BCUT2D eigenvalue weighted by atomic mass is 16.1. The van der Waals surface area contributed by atoms with Gasteiger partial charge in [0.25, 0.3) is 5.91 Å². The molecule has 0 saturated carbocycles. The molecular formula is C22H18N4O. The number of aromatic nitrogens is 3. The van der Waals surface area contributed by atoms with E-state index in [-0.39, 0.29) is 5.91 Å². The molecule has 0 aliphatic heterocycles. The molecule has 132 valence electrons. The van der Waals surface area contributed by atoms with Crippen LogP contribution in [-0.4, -0.2) is 20.9 Å². The molecule has 0 atom stereocenters. The molecule has 0 bridgehead atoms. The average Bonchev–Trinajstić information content (AvgIpc) is 2.72. The number of aryl methyl sites for hydroxylation is 1. The fourth-order valence-corrected chi connectivity index (χ4v) is 2.85. The van der Waals surface area contributed by atoms with E-state index in [4.69, 9.17) is 0 Å². The van der Waals surface area contributed by atoms with E-state index in [9.17, 15) is 4.79 Å². The third-order valence-electron chi connectivity index (χ3n) is 4.30. The lowest BCUT2D eigenvalue weighted by Crippen LogP contribution is -2.24. The molecule has 1 amide bonds. The maximum Gasteiger partial charge on any atom is 0.270 e. The average molecular weight is 354 g/mol. The Morgan fingerprint density at radius 3 is 2.56 bits per heavy atom. The van der Waals surface area contributed by atoms with Gasteiger partial charge in [0.1, 0.15) is 5.69 Å². The van der Waals surface area contributed by atoms with E-state index < -0.39 is 0 Å². The monoisotopic (exact) mass is 354 g/mol. The van der Waals surface area contributed by atoms with Gasteiger partial charge in [0.05, 0.1) is 5.52 Å². The summed E-state index contributed by atoms with van der Waals surface area (Å²) in [7, 11) is 0. The van der Waals surface area contributed by atoms with Crippen LogP contribution < -0.4 is 5.32 Å². The van der Waals surface area contributed by atoms with Gasteiger partial charge in [-0.15, -0.1) is 0 Å². The lowest BCUT2D eigenvalue weighted by molar-refractivity contribution is 0.0947. The third-order valence-corrected chi connectivity index (χ3v) is 4.30.